The van der Waals surface area contributed by atoms with Gasteiger partial charge in [0.25, 0.3) is 5.91 Å². The molecule has 0 bridgehead atoms. The number of fused-ring (bicyclic) bond motifs is 1. The van der Waals surface area contributed by atoms with E-state index in [4.69, 9.17) is 11.6 Å². The van der Waals surface area contributed by atoms with Crippen LogP contribution >= 0.6 is 24.0 Å². The number of amides is 1. The normalized spacial score (nSPS) is 13.9. The van der Waals surface area contributed by atoms with E-state index in [1.807, 2.05) is 0 Å². The molecule has 1 atom stereocenters. The molecular weight excluding hydrogens is 398 g/mol. The molecule has 3 rings (SSSR count). The van der Waals surface area contributed by atoms with Crippen LogP contribution in [0.3, 0.4) is 0 Å². The number of ether oxygens (including phenoxy) is 1. The average Bonchev–Trinajstić information content (AvgIpc) is 3.07. The highest BCUT2D eigenvalue weighted by molar-refractivity contribution is 6.30. The molecule has 3 N–H and O–H groups in total. The number of aromatic amines is 1. The summed E-state index contributed by atoms with van der Waals surface area (Å²) in [6.45, 7) is 1.34. The van der Waals surface area contributed by atoms with Crippen molar-refractivity contribution in [2.75, 3.05) is 13.7 Å². The number of hydrogen-bond acceptors (Lipinski definition) is 5. The Bertz CT molecular complexity index is 844. The predicted molar refractivity (Wildman–Crippen MR) is 99.5 cm³/mol. The van der Waals surface area contributed by atoms with Crippen molar-refractivity contribution in [2.24, 2.45) is 0 Å². The van der Waals surface area contributed by atoms with E-state index in [0.29, 0.717) is 12.1 Å². The number of benzene rings is 1. The number of halogens is 3. The third-order valence-corrected chi connectivity index (χ3v) is 4.58. The van der Waals surface area contributed by atoms with E-state index in [0.717, 1.165) is 24.2 Å². The number of methoxy groups -OCH3 is 1. The van der Waals surface area contributed by atoms with Crippen LogP contribution in [0.25, 0.3) is 0 Å². The van der Waals surface area contributed by atoms with Gasteiger partial charge in [-0.3, -0.25) is 14.7 Å². The first kappa shape index (κ1) is 21.1. The summed E-state index contributed by atoms with van der Waals surface area (Å²) in [5.41, 5.74) is 2.38. The Morgan fingerprint density at radius 2 is 2.22 bits per heavy atom. The summed E-state index contributed by atoms with van der Waals surface area (Å²) in [7, 11) is 1.25. The molecular formula is C17H19Cl2FN4O3. The van der Waals surface area contributed by atoms with E-state index >= 15 is 0 Å². The topological polar surface area (TPSA) is 96.1 Å². The van der Waals surface area contributed by atoms with Crippen molar-refractivity contribution < 1.29 is 18.7 Å². The predicted octanol–water partition coefficient (Wildman–Crippen LogP) is 2.30. The van der Waals surface area contributed by atoms with Gasteiger partial charge in [0.1, 0.15) is 5.82 Å². The first-order valence-electron chi connectivity index (χ1n) is 8.09. The van der Waals surface area contributed by atoms with Crippen LogP contribution in [0.2, 0.25) is 5.02 Å². The first-order chi connectivity index (χ1) is 12.5. The van der Waals surface area contributed by atoms with Gasteiger partial charge < -0.3 is 15.4 Å². The van der Waals surface area contributed by atoms with Crippen LogP contribution in [0.5, 0.6) is 0 Å². The summed E-state index contributed by atoms with van der Waals surface area (Å²) in [5.74, 6) is -1.61. The molecule has 27 heavy (non-hydrogen) atoms. The van der Waals surface area contributed by atoms with Crippen LogP contribution in [0, 0.1) is 5.82 Å². The Hall–Kier alpha value is -2.16. The minimum absolute atomic E-state index is 0. The number of esters is 1. The zero-order chi connectivity index (χ0) is 18.7. The fourth-order valence-electron chi connectivity index (χ4n) is 2.87. The summed E-state index contributed by atoms with van der Waals surface area (Å²) in [6.07, 6.45) is 0.609. The van der Waals surface area contributed by atoms with Crippen LogP contribution in [0.1, 0.15) is 39.8 Å². The van der Waals surface area contributed by atoms with Gasteiger partial charge in [-0.2, -0.15) is 5.10 Å². The smallest absolute Gasteiger partial charge is 0.307 e. The number of hydrogen-bond donors (Lipinski definition) is 3. The molecule has 0 spiro atoms. The van der Waals surface area contributed by atoms with Crippen LogP contribution in [0.15, 0.2) is 18.2 Å². The highest BCUT2D eigenvalue weighted by atomic mass is 35.5. The maximum Gasteiger partial charge on any atom is 0.307 e. The Balaban J connectivity index is 0.00000261. The Kier molecular flexibility index (Phi) is 7.18. The number of H-pyrrole nitrogens is 1. The molecule has 1 aromatic heterocycles. The van der Waals surface area contributed by atoms with Crippen molar-refractivity contribution in [1.29, 1.82) is 0 Å². The van der Waals surface area contributed by atoms with Crippen LogP contribution in [-0.2, 0) is 22.5 Å². The standard InChI is InChI=1S/C17H18ClFN4O3.ClH/c1-26-15(24)7-14(9-2-3-11(18)12(19)6-9)21-17(25)16-10-8-20-5-4-13(10)22-23-16;/h2-3,6,14,20H,4-5,7-8H2,1H3,(H,21,25)(H,22,23);1H. The van der Waals surface area contributed by atoms with E-state index in [1.54, 1.807) is 6.07 Å². The Morgan fingerprint density at radius 1 is 1.44 bits per heavy atom. The van der Waals surface area contributed by atoms with Crippen molar-refractivity contribution in [3.05, 3.63) is 51.6 Å². The molecule has 1 aliphatic heterocycles. The van der Waals surface area contributed by atoms with Crippen LogP contribution in [-0.4, -0.2) is 35.7 Å². The van der Waals surface area contributed by atoms with E-state index in [-0.39, 0.29) is 29.5 Å². The second-order valence-corrected chi connectivity index (χ2v) is 6.34. The first-order valence-corrected chi connectivity index (χ1v) is 8.47. The van der Waals surface area contributed by atoms with E-state index < -0.39 is 23.7 Å². The number of rotatable bonds is 5. The van der Waals surface area contributed by atoms with E-state index in [1.165, 1.54) is 19.2 Å². The van der Waals surface area contributed by atoms with Crippen molar-refractivity contribution in [3.8, 4) is 0 Å². The summed E-state index contributed by atoms with van der Waals surface area (Å²) >= 11 is 5.71. The Labute approximate surface area is 166 Å². The fraction of sp³-hybridized carbons (Fsp3) is 0.353. The number of nitrogens with zero attached hydrogens (tertiary/aromatic N) is 1. The molecule has 0 saturated carbocycles. The minimum Gasteiger partial charge on any atom is -0.469 e. The second-order valence-electron chi connectivity index (χ2n) is 5.94. The summed E-state index contributed by atoms with van der Waals surface area (Å²) in [5, 5.41) is 12.8. The third kappa shape index (κ3) is 4.77. The summed E-state index contributed by atoms with van der Waals surface area (Å²) in [4.78, 5) is 24.4. The highest BCUT2D eigenvalue weighted by Crippen LogP contribution is 2.24. The Morgan fingerprint density at radius 3 is 2.93 bits per heavy atom. The number of aromatic nitrogens is 2. The van der Waals surface area contributed by atoms with Gasteiger partial charge in [0, 0.05) is 30.8 Å². The van der Waals surface area contributed by atoms with Gasteiger partial charge in [0.05, 0.1) is 24.6 Å². The number of nitrogens with one attached hydrogen (secondary N) is 3. The number of carbonyl (C=O) groups is 2. The monoisotopic (exact) mass is 416 g/mol. The molecule has 146 valence electrons. The van der Waals surface area contributed by atoms with Gasteiger partial charge in [-0.25, -0.2) is 4.39 Å². The maximum absolute atomic E-state index is 13.8. The molecule has 2 aromatic rings. The SMILES string of the molecule is COC(=O)CC(NC(=O)c1n[nH]c2c1CNCC2)c1ccc(Cl)c(F)c1.Cl. The van der Waals surface area contributed by atoms with Gasteiger partial charge in [-0.1, -0.05) is 17.7 Å². The van der Waals surface area contributed by atoms with Gasteiger partial charge in [0.2, 0.25) is 0 Å². The molecule has 0 saturated heterocycles. The van der Waals surface area contributed by atoms with Gasteiger partial charge in [0.15, 0.2) is 5.69 Å². The van der Waals surface area contributed by atoms with Crippen LogP contribution in [0.4, 0.5) is 4.39 Å². The van der Waals surface area contributed by atoms with Crippen molar-refractivity contribution in [1.82, 2.24) is 20.8 Å². The molecule has 0 radical (unpaired) electrons. The van der Waals surface area contributed by atoms with Crippen molar-refractivity contribution >= 4 is 35.9 Å². The maximum atomic E-state index is 13.8. The molecule has 7 nitrogen and oxygen atoms in total. The molecule has 1 aliphatic rings. The quantitative estimate of drug-likeness (QED) is 0.649. The lowest BCUT2D eigenvalue weighted by molar-refractivity contribution is -0.141. The van der Waals surface area contributed by atoms with E-state index in [9.17, 15) is 14.0 Å². The summed E-state index contributed by atoms with van der Waals surface area (Å²) < 4.78 is 18.5. The highest BCUT2D eigenvalue weighted by Gasteiger charge is 2.25. The number of carbonyl (C=O) groups excluding carboxylic acids is 2. The van der Waals surface area contributed by atoms with E-state index in [2.05, 4.69) is 25.6 Å². The molecule has 10 heteroatoms. The van der Waals surface area contributed by atoms with Crippen molar-refractivity contribution in [3.63, 3.8) is 0 Å². The van der Waals surface area contributed by atoms with Gasteiger partial charge in [-0.15, -0.1) is 12.4 Å². The lowest BCUT2D eigenvalue weighted by Gasteiger charge is -2.19. The lowest BCUT2D eigenvalue weighted by atomic mass is 10.0. The minimum atomic E-state index is -0.773. The average molecular weight is 417 g/mol. The van der Waals surface area contributed by atoms with Gasteiger partial charge in [-0.05, 0) is 17.7 Å². The zero-order valence-electron chi connectivity index (χ0n) is 14.5. The van der Waals surface area contributed by atoms with Crippen LogP contribution < -0.4 is 10.6 Å². The molecule has 0 fully saturated rings. The second kappa shape index (κ2) is 9.16. The fourth-order valence-corrected chi connectivity index (χ4v) is 2.99. The van der Waals surface area contributed by atoms with Crippen molar-refractivity contribution in [2.45, 2.75) is 25.4 Å². The zero-order valence-corrected chi connectivity index (χ0v) is 16.0. The largest absolute Gasteiger partial charge is 0.469 e. The molecule has 1 aromatic carbocycles. The lowest BCUT2D eigenvalue weighted by Crippen LogP contribution is -2.32. The molecule has 1 amide bonds. The summed E-state index contributed by atoms with van der Waals surface area (Å²) in [6, 6.07) is 3.35. The molecule has 2 heterocycles. The molecule has 0 aliphatic carbocycles. The third-order valence-electron chi connectivity index (χ3n) is 4.27. The van der Waals surface area contributed by atoms with Gasteiger partial charge >= 0.3 is 5.97 Å². The molecule has 1 unspecified atom stereocenters.